The zero-order chi connectivity index (χ0) is 21.2. The van der Waals surface area contributed by atoms with E-state index in [2.05, 4.69) is 6.92 Å². The standard InChI is InChI=1S/C19H29F3O7/c1-10-4-5-14-11(2)18(19(20,21)22,25-9-12(24)8-23)27-15-17(14)13(10)6-7-16(3,26-15)28-29-17/h10-15,23-24H,4-9H2,1-3H3/t10-,11-,12?,13+,14?,15+,16+,17?,18-/m1/s1. The SMILES string of the molecule is C[C@@H]1CCC2[C@@H](C)[C@](OCC(O)CO)(C(F)(F)F)O[C@@H]3O[C@]4(C)CC[C@@H]1C23OO4. The second kappa shape index (κ2) is 7.01. The van der Waals surface area contributed by atoms with Gasteiger partial charge in [0.15, 0.2) is 11.9 Å². The van der Waals surface area contributed by atoms with Crippen LogP contribution in [0.25, 0.3) is 0 Å². The van der Waals surface area contributed by atoms with E-state index in [0.717, 1.165) is 6.42 Å². The first-order chi connectivity index (χ1) is 13.5. The summed E-state index contributed by atoms with van der Waals surface area (Å²) in [5.41, 5.74) is -1.15. The highest BCUT2D eigenvalue weighted by atomic mass is 19.4. The minimum absolute atomic E-state index is 0.0766. The highest BCUT2D eigenvalue weighted by molar-refractivity contribution is 5.12. The predicted octanol–water partition coefficient (Wildman–Crippen LogP) is 2.50. The third-order valence-electron chi connectivity index (χ3n) is 7.36. The first kappa shape index (κ1) is 21.7. The quantitative estimate of drug-likeness (QED) is 0.668. The molecule has 1 spiro atoms. The molecule has 0 amide bonds. The minimum Gasteiger partial charge on any atom is -0.394 e. The topological polar surface area (TPSA) is 86.6 Å². The molecule has 1 saturated carbocycles. The van der Waals surface area contributed by atoms with Crippen molar-refractivity contribution in [3.05, 3.63) is 0 Å². The molecule has 10 heteroatoms. The van der Waals surface area contributed by atoms with Gasteiger partial charge in [-0.15, -0.1) is 0 Å². The molecule has 2 bridgehead atoms. The Morgan fingerprint density at radius 2 is 1.83 bits per heavy atom. The molecule has 168 valence electrons. The fourth-order valence-electron chi connectivity index (χ4n) is 5.76. The van der Waals surface area contributed by atoms with Gasteiger partial charge in [0.2, 0.25) is 5.79 Å². The maximum atomic E-state index is 14.4. The highest BCUT2D eigenvalue weighted by Gasteiger charge is 2.77. The molecule has 7 nitrogen and oxygen atoms in total. The van der Waals surface area contributed by atoms with Gasteiger partial charge in [-0.1, -0.05) is 13.8 Å². The fourth-order valence-corrected chi connectivity index (χ4v) is 5.76. The summed E-state index contributed by atoms with van der Waals surface area (Å²) < 4.78 is 59.9. The molecule has 0 aromatic rings. The Morgan fingerprint density at radius 3 is 2.48 bits per heavy atom. The monoisotopic (exact) mass is 426 g/mol. The maximum absolute atomic E-state index is 14.4. The van der Waals surface area contributed by atoms with Crippen LogP contribution in [-0.4, -0.2) is 59.2 Å². The summed E-state index contributed by atoms with van der Waals surface area (Å²) in [7, 11) is 0. The van der Waals surface area contributed by atoms with Crippen LogP contribution in [0.2, 0.25) is 0 Å². The van der Waals surface area contributed by atoms with Crippen molar-refractivity contribution in [1.82, 2.24) is 0 Å². The average molecular weight is 426 g/mol. The van der Waals surface area contributed by atoms with Gasteiger partial charge >= 0.3 is 6.18 Å². The first-order valence-electron chi connectivity index (χ1n) is 10.2. The van der Waals surface area contributed by atoms with Crippen molar-refractivity contribution in [2.24, 2.45) is 23.7 Å². The number of hydrogen-bond donors (Lipinski definition) is 2. The molecule has 0 aromatic carbocycles. The molecule has 4 aliphatic heterocycles. The van der Waals surface area contributed by atoms with E-state index in [1.165, 1.54) is 6.92 Å². The van der Waals surface area contributed by atoms with Gasteiger partial charge in [-0.3, -0.25) is 0 Å². The van der Waals surface area contributed by atoms with Crippen molar-refractivity contribution < 1.29 is 47.4 Å². The Balaban J connectivity index is 1.78. The number of aliphatic hydroxyl groups excluding tert-OH is 2. The molecule has 0 aromatic heterocycles. The lowest BCUT2D eigenvalue weighted by atomic mass is 9.57. The lowest BCUT2D eigenvalue weighted by Gasteiger charge is -2.62. The number of ether oxygens (including phenoxy) is 3. The van der Waals surface area contributed by atoms with Crippen LogP contribution in [0.15, 0.2) is 0 Å². The van der Waals surface area contributed by atoms with Crippen molar-refractivity contribution in [2.75, 3.05) is 13.2 Å². The van der Waals surface area contributed by atoms with E-state index >= 15 is 0 Å². The lowest BCUT2D eigenvalue weighted by Crippen LogP contribution is -2.76. The van der Waals surface area contributed by atoms with Crippen molar-refractivity contribution in [1.29, 1.82) is 0 Å². The summed E-state index contributed by atoms with van der Waals surface area (Å²) in [6.07, 6.45) is -5.27. The molecule has 0 radical (unpaired) electrons. The number of halogens is 3. The minimum atomic E-state index is -4.89. The molecular weight excluding hydrogens is 397 g/mol. The van der Waals surface area contributed by atoms with Crippen LogP contribution in [0.1, 0.15) is 46.5 Å². The van der Waals surface area contributed by atoms with E-state index in [-0.39, 0.29) is 11.8 Å². The van der Waals surface area contributed by atoms with Gasteiger partial charge in [0.25, 0.3) is 5.79 Å². The molecule has 5 fully saturated rings. The zero-order valence-electron chi connectivity index (χ0n) is 16.8. The van der Waals surface area contributed by atoms with E-state index in [1.807, 2.05) is 0 Å². The van der Waals surface area contributed by atoms with E-state index < -0.39 is 60.8 Å². The van der Waals surface area contributed by atoms with Gasteiger partial charge in [0.05, 0.1) is 13.2 Å². The Hall–Kier alpha value is -0.490. The zero-order valence-corrected chi connectivity index (χ0v) is 16.8. The van der Waals surface area contributed by atoms with Crippen LogP contribution in [0.3, 0.4) is 0 Å². The number of aliphatic hydroxyl groups is 2. The predicted molar refractivity (Wildman–Crippen MR) is 90.9 cm³/mol. The highest BCUT2D eigenvalue weighted by Crippen LogP contribution is 2.64. The molecule has 1 aliphatic carbocycles. The van der Waals surface area contributed by atoms with Gasteiger partial charge < -0.3 is 24.4 Å². The van der Waals surface area contributed by atoms with E-state index in [4.69, 9.17) is 29.1 Å². The van der Waals surface area contributed by atoms with Gasteiger partial charge in [-0.25, -0.2) is 9.78 Å². The smallest absolute Gasteiger partial charge is 0.394 e. The number of rotatable bonds is 4. The van der Waals surface area contributed by atoms with Crippen molar-refractivity contribution in [3.63, 3.8) is 0 Å². The van der Waals surface area contributed by atoms with Gasteiger partial charge in [0.1, 0.15) is 6.10 Å². The Morgan fingerprint density at radius 1 is 1.10 bits per heavy atom. The number of alkyl halides is 3. The maximum Gasteiger partial charge on any atom is 0.443 e. The molecule has 3 unspecified atom stereocenters. The average Bonchev–Trinajstić information content (AvgIpc) is 2.88. The first-order valence-corrected chi connectivity index (χ1v) is 10.2. The summed E-state index contributed by atoms with van der Waals surface area (Å²) in [6, 6.07) is 0. The molecule has 4 heterocycles. The van der Waals surface area contributed by atoms with Crippen LogP contribution >= 0.6 is 0 Å². The molecular formula is C19H29F3O7. The summed E-state index contributed by atoms with van der Waals surface area (Å²) >= 11 is 0. The summed E-state index contributed by atoms with van der Waals surface area (Å²) in [4.78, 5) is 11.4. The molecule has 9 atom stereocenters. The molecule has 29 heavy (non-hydrogen) atoms. The van der Waals surface area contributed by atoms with Gasteiger partial charge in [-0.2, -0.15) is 13.2 Å². The molecule has 5 aliphatic rings. The number of fused-ring (bicyclic) bond motifs is 2. The van der Waals surface area contributed by atoms with E-state index in [1.54, 1.807) is 6.92 Å². The van der Waals surface area contributed by atoms with Crippen LogP contribution in [-0.2, 0) is 24.0 Å². The van der Waals surface area contributed by atoms with Crippen LogP contribution in [0.5, 0.6) is 0 Å². The van der Waals surface area contributed by atoms with Gasteiger partial charge in [0, 0.05) is 18.3 Å². The largest absolute Gasteiger partial charge is 0.443 e. The van der Waals surface area contributed by atoms with Crippen molar-refractivity contribution in [3.8, 4) is 0 Å². The van der Waals surface area contributed by atoms with Gasteiger partial charge in [-0.05, 0) is 38.0 Å². The molecule has 4 saturated heterocycles. The summed E-state index contributed by atoms with van der Waals surface area (Å²) in [5.74, 6) is -5.79. The van der Waals surface area contributed by atoms with E-state index in [0.29, 0.717) is 19.3 Å². The van der Waals surface area contributed by atoms with Crippen LogP contribution in [0, 0.1) is 23.7 Å². The third-order valence-corrected chi connectivity index (χ3v) is 7.36. The molecule has 5 rings (SSSR count). The van der Waals surface area contributed by atoms with Crippen LogP contribution in [0.4, 0.5) is 13.2 Å². The summed E-state index contributed by atoms with van der Waals surface area (Å²) in [6.45, 7) is 3.69. The lowest BCUT2D eigenvalue weighted by molar-refractivity contribution is -0.599. The number of hydrogen-bond acceptors (Lipinski definition) is 7. The third kappa shape index (κ3) is 3.06. The second-order valence-electron chi connectivity index (χ2n) is 9.13. The second-order valence-corrected chi connectivity index (χ2v) is 9.13. The Kier molecular flexibility index (Phi) is 5.25. The van der Waals surface area contributed by atoms with E-state index in [9.17, 15) is 18.3 Å². The van der Waals surface area contributed by atoms with Crippen LogP contribution < -0.4 is 0 Å². The summed E-state index contributed by atoms with van der Waals surface area (Å²) in [5, 5.41) is 18.6. The van der Waals surface area contributed by atoms with Crippen molar-refractivity contribution in [2.45, 2.75) is 82.2 Å². The van der Waals surface area contributed by atoms with Crippen molar-refractivity contribution >= 4 is 0 Å². The normalized spacial score (nSPS) is 50.7. The Labute approximate surface area is 167 Å². The fraction of sp³-hybridized carbons (Fsp3) is 1.00. The molecule has 2 N–H and O–H groups in total. The Bertz CT molecular complexity index is 633.